The fourth-order valence-corrected chi connectivity index (χ4v) is 3.89. The molecule has 0 aromatic rings. The van der Waals surface area contributed by atoms with Gasteiger partial charge < -0.3 is 9.47 Å². The Morgan fingerprint density at radius 3 is 1.67 bits per heavy atom. The van der Waals surface area contributed by atoms with Crippen molar-refractivity contribution in [2.24, 2.45) is 23.7 Å². The molecule has 2 aliphatic rings. The standard InChI is InChI=1S/C10H20O.C9H18O/c1-4-8(3)9-6-7-11-10(9)5-2;1-4-9-8(7(2)3)5-6-10-9/h8-10H,4-7H2,1-3H3;7-9H,4-6H2,1-3H3. The minimum Gasteiger partial charge on any atom is -0.378 e. The summed E-state index contributed by atoms with van der Waals surface area (Å²) >= 11 is 0. The quantitative estimate of drug-likeness (QED) is 0.685. The van der Waals surface area contributed by atoms with Crippen LogP contribution >= 0.6 is 0 Å². The van der Waals surface area contributed by atoms with E-state index < -0.39 is 0 Å². The minimum absolute atomic E-state index is 0.556. The fourth-order valence-electron chi connectivity index (χ4n) is 3.89. The van der Waals surface area contributed by atoms with Crippen molar-refractivity contribution in [3.8, 4) is 0 Å². The summed E-state index contributed by atoms with van der Waals surface area (Å²) in [5.41, 5.74) is 0. The van der Waals surface area contributed by atoms with Crippen LogP contribution in [-0.4, -0.2) is 25.4 Å². The number of rotatable bonds is 5. The zero-order valence-electron chi connectivity index (χ0n) is 15.2. The van der Waals surface area contributed by atoms with E-state index in [-0.39, 0.29) is 0 Å². The lowest BCUT2D eigenvalue weighted by Crippen LogP contribution is -2.21. The summed E-state index contributed by atoms with van der Waals surface area (Å²) in [4.78, 5) is 0. The van der Waals surface area contributed by atoms with Gasteiger partial charge in [0.15, 0.2) is 0 Å². The second kappa shape index (κ2) is 9.84. The molecule has 2 rings (SSSR count). The average Bonchev–Trinajstić information content (AvgIpc) is 3.14. The van der Waals surface area contributed by atoms with E-state index in [0.29, 0.717) is 12.2 Å². The van der Waals surface area contributed by atoms with E-state index in [1.54, 1.807) is 0 Å². The molecule has 0 aromatic heterocycles. The van der Waals surface area contributed by atoms with E-state index >= 15 is 0 Å². The molecule has 2 nitrogen and oxygen atoms in total. The molecule has 0 radical (unpaired) electrons. The SMILES string of the molecule is CCC(C)C1CCOC1CC.CCC1OCCC1C(C)C. The van der Waals surface area contributed by atoms with Gasteiger partial charge in [0, 0.05) is 13.2 Å². The van der Waals surface area contributed by atoms with Crippen LogP contribution in [0, 0.1) is 23.7 Å². The fraction of sp³-hybridized carbons (Fsp3) is 1.00. The van der Waals surface area contributed by atoms with Gasteiger partial charge in [0.25, 0.3) is 0 Å². The third-order valence-electron chi connectivity index (χ3n) is 5.56. The molecule has 0 spiro atoms. The maximum absolute atomic E-state index is 5.64. The van der Waals surface area contributed by atoms with Gasteiger partial charge >= 0.3 is 0 Å². The molecule has 2 aliphatic heterocycles. The molecule has 0 aromatic carbocycles. The summed E-state index contributed by atoms with van der Waals surface area (Å²) in [5, 5.41) is 0. The van der Waals surface area contributed by atoms with E-state index in [9.17, 15) is 0 Å². The van der Waals surface area contributed by atoms with Crippen LogP contribution in [0.2, 0.25) is 0 Å². The summed E-state index contributed by atoms with van der Waals surface area (Å²) in [6.07, 6.45) is 7.34. The van der Waals surface area contributed by atoms with Gasteiger partial charge in [-0.1, -0.05) is 48.0 Å². The van der Waals surface area contributed by atoms with E-state index in [0.717, 1.165) is 36.9 Å². The summed E-state index contributed by atoms with van der Waals surface area (Å²) < 4.78 is 11.2. The van der Waals surface area contributed by atoms with Crippen molar-refractivity contribution >= 4 is 0 Å². The van der Waals surface area contributed by atoms with E-state index in [1.807, 2.05) is 0 Å². The van der Waals surface area contributed by atoms with Crippen molar-refractivity contribution in [1.82, 2.24) is 0 Å². The summed E-state index contributed by atoms with van der Waals surface area (Å²) in [7, 11) is 0. The van der Waals surface area contributed by atoms with Crippen molar-refractivity contribution in [2.45, 2.75) is 85.9 Å². The van der Waals surface area contributed by atoms with Gasteiger partial charge in [-0.25, -0.2) is 0 Å². The minimum atomic E-state index is 0.556. The van der Waals surface area contributed by atoms with Crippen LogP contribution in [0.3, 0.4) is 0 Å². The van der Waals surface area contributed by atoms with Crippen molar-refractivity contribution in [2.75, 3.05) is 13.2 Å². The van der Waals surface area contributed by atoms with Crippen LogP contribution in [0.4, 0.5) is 0 Å². The normalized spacial score (nSPS) is 33.9. The molecule has 0 amide bonds. The molecule has 0 bridgehead atoms. The lowest BCUT2D eigenvalue weighted by Gasteiger charge is -2.22. The van der Waals surface area contributed by atoms with E-state index in [2.05, 4.69) is 41.5 Å². The Morgan fingerprint density at radius 2 is 1.29 bits per heavy atom. The highest BCUT2D eigenvalue weighted by molar-refractivity contribution is 4.78. The first-order valence-corrected chi connectivity index (χ1v) is 9.28. The van der Waals surface area contributed by atoms with E-state index in [1.165, 1.54) is 32.1 Å². The van der Waals surface area contributed by atoms with Crippen molar-refractivity contribution in [3.05, 3.63) is 0 Å². The average molecular weight is 299 g/mol. The Bertz CT molecular complexity index is 264. The second-order valence-corrected chi connectivity index (χ2v) is 7.17. The van der Waals surface area contributed by atoms with Crippen molar-refractivity contribution in [3.63, 3.8) is 0 Å². The van der Waals surface area contributed by atoms with Gasteiger partial charge in [0.2, 0.25) is 0 Å². The molecule has 2 heterocycles. The Morgan fingerprint density at radius 1 is 0.810 bits per heavy atom. The Kier molecular flexibility index (Phi) is 8.89. The summed E-state index contributed by atoms with van der Waals surface area (Å²) in [6, 6.07) is 0. The van der Waals surface area contributed by atoms with Gasteiger partial charge in [-0.15, -0.1) is 0 Å². The first kappa shape index (κ1) is 19.0. The van der Waals surface area contributed by atoms with Crippen molar-refractivity contribution < 1.29 is 9.47 Å². The van der Waals surface area contributed by atoms with Gasteiger partial charge in [0.1, 0.15) is 0 Å². The smallest absolute Gasteiger partial charge is 0.0604 e. The molecule has 126 valence electrons. The molecule has 0 N–H and O–H groups in total. The first-order valence-electron chi connectivity index (χ1n) is 9.28. The van der Waals surface area contributed by atoms with Crippen LogP contribution < -0.4 is 0 Å². The topological polar surface area (TPSA) is 18.5 Å². The van der Waals surface area contributed by atoms with Crippen LogP contribution in [0.1, 0.15) is 73.6 Å². The Hall–Kier alpha value is -0.0800. The largest absolute Gasteiger partial charge is 0.378 e. The molecule has 21 heavy (non-hydrogen) atoms. The summed E-state index contributed by atoms with van der Waals surface area (Å²) in [5.74, 6) is 3.31. The summed E-state index contributed by atoms with van der Waals surface area (Å²) in [6.45, 7) is 15.6. The highest BCUT2D eigenvalue weighted by Gasteiger charge is 2.30. The second-order valence-electron chi connectivity index (χ2n) is 7.17. The number of hydrogen-bond donors (Lipinski definition) is 0. The first-order chi connectivity index (χ1) is 10.0. The number of hydrogen-bond acceptors (Lipinski definition) is 2. The third-order valence-corrected chi connectivity index (χ3v) is 5.56. The van der Waals surface area contributed by atoms with Gasteiger partial charge in [-0.3, -0.25) is 0 Å². The maximum atomic E-state index is 5.64. The molecule has 0 saturated carbocycles. The molecule has 5 unspecified atom stereocenters. The molecule has 2 fully saturated rings. The molecular formula is C19H38O2. The van der Waals surface area contributed by atoms with Crippen LogP contribution in [0.5, 0.6) is 0 Å². The maximum Gasteiger partial charge on any atom is 0.0604 e. The lowest BCUT2D eigenvalue weighted by molar-refractivity contribution is 0.0736. The van der Waals surface area contributed by atoms with Crippen molar-refractivity contribution in [1.29, 1.82) is 0 Å². The molecule has 2 saturated heterocycles. The van der Waals surface area contributed by atoms with Crippen LogP contribution in [-0.2, 0) is 9.47 Å². The van der Waals surface area contributed by atoms with Crippen LogP contribution in [0.15, 0.2) is 0 Å². The van der Waals surface area contributed by atoms with Gasteiger partial charge in [-0.2, -0.15) is 0 Å². The zero-order chi connectivity index (χ0) is 15.8. The Balaban J connectivity index is 0.000000211. The monoisotopic (exact) mass is 298 g/mol. The molecule has 5 atom stereocenters. The zero-order valence-corrected chi connectivity index (χ0v) is 15.2. The molecule has 0 aliphatic carbocycles. The highest BCUT2D eigenvalue weighted by Crippen LogP contribution is 2.31. The lowest BCUT2D eigenvalue weighted by atomic mass is 9.85. The molecule has 2 heteroatoms. The Labute approximate surface area is 133 Å². The predicted molar refractivity (Wildman–Crippen MR) is 90.6 cm³/mol. The van der Waals surface area contributed by atoms with Crippen LogP contribution in [0.25, 0.3) is 0 Å². The number of ether oxygens (including phenoxy) is 2. The van der Waals surface area contributed by atoms with Gasteiger partial charge in [0.05, 0.1) is 12.2 Å². The van der Waals surface area contributed by atoms with E-state index in [4.69, 9.17) is 9.47 Å². The van der Waals surface area contributed by atoms with Gasteiger partial charge in [-0.05, 0) is 49.4 Å². The third kappa shape index (κ3) is 5.56. The highest BCUT2D eigenvalue weighted by atomic mass is 16.5. The predicted octanol–water partition coefficient (Wildman–Crippen LogP) is 5.31. The molecular weight excluding hydrogens is 260 g/mol.